The number of carbonyl (C=O) groups is 6. The Hall–Kier alpha value is -3.63. The molecule has 16 nitrogen and oxygen atoms in total. The predicted octanol–water partition coefficient (Wildman–Crippen LogP) is -0.386. The summed E-state index contributed by atoms with van der Waals surface area (Å²) in [5.41, 5.74) is 0. The molecule has 0 saturated carbocycles. The lowest BCUT2D eigenvalue weighted by Crippen LogP contribution is -2.90. The second kappa shape index (κ2) is 21.4. The number of aliphatic hydroxyl groups is 2. The molecule has 16 heteroatoms. The van der Waals surface area contributed by atoms with Crippen LogP contribution in [0.25, 0.3) is 0 Å². The Morgan fingerprint density at radius 2 is 0.979 bits per heavy atom. The van der Waals surface area contributed by atoms with Crippen molar-refractivity contribution in [3.8, 4) is 0 Å². The minimum atomic E-state index is -1.88. The van der Waals surface area contributed by atoms with Crippen molar-refractivity contribution in [1.82, 2.24) is 0 Å². The molecule has 0 aliphatic rings. The molecule has 0 aromatic carbocycles. The maximum absolute atomic E-state index is 13.4. The van der Waals surface area contributed by atoms with Crippen LogP contribution in [0.4, 0.5) is 0 Å². The van der Waals surface area contributed by atoms with Gasteiger partial charge in [0.25, 0.3) is 0 Å². The highest BCUT2D eigenvalue weighted by atomic mass is 16.6. The molecule has 0 rings (SSSR count). The molecule has 0 aromatic heterocycles. The van der Waals surface area contributed by atoms with Crippen molar-refractivity contribution in [3.05, 3.63) is 0 Å². The lowest BCUT2D eigenvalue weighted by atomic mass is 10.0. The Bertz CT molecular complexity index is 1090. The fourth-order valence-corrected chi connectivity index (χ4v) is 4.27. The summed E-state index contributed by atoms with van der Waals surface area (Å²) in [4.78, 5) is 80.3. The molecule has 4 N–H and O–H groups in total. The molecule has 8 unspecified atom stereocenters. The highest BCUT2D eigenvalue weighted by molar-refractivity contribution is 5.78. The van der Waals surface area contributed by atoms with Gasteiger partial charge in [-0.15, -0.1) is 0 Å². The summed E-state index contributed by atoms with van der Waals surface area (Å²) in [6.07, 6.45) is -10.4. The predicted molar refractivity (Wildman–Crippen MR) is 168 cm³/mol. The van der Waals surface area contributed by atoms with Crippen molar-refractivity contribution in [2.45, 2.75) is 118 Å². The number of quaternary nitrogens is 1. The third-order valence-electron chi connectivity index (χ3n) is 7.10. The summed E-state index contributed by atoms with van der Waals surface area (Å²) in [7, 11) is 1.62. The molecule has 0 amide bonds. The van der Waals surface area contributed by atoms with Crippen molar-refractivity contribution in [2.24, 2.45) is 28.7 Å². The number of esters is 6. The van der Waals surface area contributed by atoms with Gasteiger partial charge in [0.1, 0.15) is 19.3 Å². The van der Waals surface area contributed by atoms with E-state index in [4.69, 9.17) is 35.1 Å². The number of carbonyl (C=O) groups excluding carboxylic acids is 6. The van der Waals surface area contributed by atoms with E-state index in [9.17, 15) is 39.0 Å². The quantitative estimate of drug-likeness (QED) is 0.0604. The molecule has 0 bridgehead atoms. The van der Waals surface area contributed by atoms with Crippen molar-refractivity contribution in [1.29, 1.82) is 0 Å². The average Bonchev–Trinajstić information content (AvgIpc) is 2.97. The number of nitrogens with zero attached hydrogens (tertiary/aromatic N) is 1. The lowest BCUT2D eigenvalue weighted by molar-refractivity contribution is -0.658. The molecule has 0 radical (unpaired) electrons. The fourth-order valence-electron chi connectivity index (χ4n) is 4.27. The number of hydrogen-bond donors (Lipinski definition) is 3. The summed E-state index contributed by atoms with van der Waals surface area (Å²) >= 11 is 0. The van der Waals surface area contributed by atoms with E-state index in [1.165, 1.54) is 0 Å². The number of hydrogen-bond acceptors (Lipinski definition) is 15. The Balaban J connectivity index is 7.24. The van der Waals surface area contributed by atoms with Crippen LogP contribution in [0.3, 0.4) is 0 Å². The first-order chi connectivity index (χ1) is 22.2. The average molecular weight is 691 g/mol. The standard InChI is InChI=1S/C32H53N2O14/c1-15(2)23(33-11)29(39)47-21(13-43-31(41)25(37)17(5)6)27(45-19(9)35)28(46-20(10)36)22(14-44-32(42)26(38)18(7)8)48-30(40)24(34-12)16(3)4/h11,15-18,21-28,34,37-38H,13-14H2,1-10,12H3/q-1/p+1. The Labute approximate surface area is 282 Å². The molecule has 0 aromatic rings. The summed E-state index contributed by atoms with van der Waals surface area (Å²) < 4.78 is 32.8. The molecule has 0 saturated heterocycles. The molecular weight excluding hydrogens is 636 g/mol. The first-order valence-corrected chi connectivity index (χ1v) is 15.8. The zero-order valence-electron chi connectivity index (χ0n) is 29.7. The van der Waals surface area contributed by atoms with Crippen molar-refractivity contribution in [2.75, 3.05) is 20.3 Å². The third-order valence-corrected chi connectivity index (χ3v) is 7.10. The zero-order chi connectivity index (χ0) is 37.5. The second-order valence-corrected chi connectivity index (χ2v) is 12.7. The Kier molecular flexibility index (Phi) is 19.7. The van der Waals surface area contributed by atoms with E-state index in [1.807, 2.05) is 0 Å². The monoisotopic (exact) mass is 690 g/mol. The summed E-state index contributed by atoms with van der Waals surface area (Å²) in [5, 5.41) is 22.0. The SMILES string of the molecule is [CH-]=NC(C(=O)OC(COC(=O)C(O)C(C)C)C(OC(C)=O)C(OC(C)=O)C(COC(=O)C(O)C(C)C)OC(=O)C([NH2+]C)C(C)C)C(C)C. The van der Waals surface area contributed by atoms with Crippen LogP contribution in [0, 0.1) is 23.7 Å². The first kappa shape index (κ1) is 44.4. The van der Waals surface area contributed by atoms with Gasteiger partial charge < -0.3 is 55.7 Å². The Morgan fingerprint density at radius 3 is 1.25 bits per heavy atom. The number of ether oxygens (including phenoxy) is 6. The minimum Gasteiger partial charge on any atom is -0.494 e. The molecule has 0 aliphatic heterocycles. The van der Waals surface area contributed by atoms with Crippen LogP contribution >= 0.6 is 0 Å². The van der Waals surface area contributed by atoms with E-state index in [0.717, 1.165) is 13.8 Å². The topological polar surface area (TPSA) is 227 Å². The van der Waals surface area contributed by atoms with Crippen LogP contribution in [0.15, 0.2) is 4.99 Å². The summed E-state index contributed by atoms with van der Waals surface area (Å²) in [5.74, 6) is -7.93. The molecule has 0 fully saturated rings. The Morgan fingerprint density at radius 1 is 0.604 bits per heavy atom. The molecule has 0 heterocycles. The highest BCUT2D eigenvalue weighted by Crippen LogP contribution is 2.23. The van der Waals surface area contributed by atoms with E-state index in [-0.39, 0.29) is 5.92 Å². The van der Waals surface area contributed by atoms with Gasteiger partial charge in [0.2, 0.25) is 0 Å². The smallest absolute Gasteiger partial charge is 0.365 e. The van der Waals surface area contributed by atoms with E-state index in [0.29, 0.717) is 0 Å². The van der Waals surface area contributed by atoms with Crippen molar-refractivity contribution >= 4 is 42.5 Å². The van der Waals surface area contributed by atoms with E-state index >= 15 is 0 Å². The summed E-state index contributed by atoms with van der Waals surface area (Å²) in [6, 6.07) is -2.03. The molecule has 0 spiro atoms. The molecule has 48 heavy (non-hydrogen) atoms. The van der Waals surface area contributed by atoms with Crippen LogP contribution in [-0.4, -0.2) is 122 Å². The van der Waals surface area contributed by atoms with Gasteiger partial charge in [-0.25, -0.2) is 19.2 Å². The number of rotatable bonds is 21. The van der Waals surface area contributed by atoms with Gasteiger partial charge >= 0.3 is 35.8 Å². The number of aliphatic imine (C=N–C) groups is 1. The minimum absolute atomic E-state index is 0.265. The van der Waals surface area contributed by atoms with Crippen molar-refractivity contribution in [3.63, 3.8) is 0 Å². The molecule has 0 aliphatic carbocycles. The van der Waals surface area contributed by atoms with E-state index in [2.05, 4.69) is 4.99 Å². The molecule has 8 atom stereocenters. The van der Waals surface area contributed by atoms with Crippen LogP contribution in [0.5, 0.6) is 0 Å². The van der Waals surface area contributed by atoms with Crippen LogP contribution in [-0.2, 0) is 57.2 Å². The lowest BCUT2D eigenvalue weighted by Gasteiger charge is -2.36. The van der Waals surface area contributed by atoms with Gasteiger partial charge in [-0.2, -0.15) is 0 Å². The number of aliphatic hydroxyl groups excluding tert-OH is 2. The zero-order valence-corrected chi connectivity index (χ0v) is 29.7. The normalized spacial score (nSPS) is 16.5. The number of nitrogens with two attached hydrogens (primary N) is 1. The van der Waals surface area contributed by atoms with Gasteiger partial charge in [-0.1, -0.05) is 55.4 Å². The number of likely N-dealkylation sites (N-methyl/N-ethyl adjacent to an activating group) is 1. The first-order valence-electron chi connectivity index (χ1n) is 15.8. The van der Waals surface area contributed by atoms with Gasteiger partial charge in [0.05, 0.1) is 7.05 Å². The van der Waals surface area contributed by atoms with Crippen LogP contribution < -0.4 is 5.32 Å². The van der Waals surface area contributed by atoms with Gasteiger partial charge in [-0.05, 0) is 17.8 Å². The van der Waals surface area contributed by atoms with Gasteiger partial charge in [0.15, 0.2) is 42.7 Å². The van der Waals surface area contributed by atoms with E-state index < -0.39 is 115 Å². The maximum atomic E-state index is 13.4. The third kappa shape index (κ3) is 14.6. The second-order valence-electron chi connectivity index (χ2n) is 12.7. The summed E-state index contributed by atoms with van der Waals surface area (Å²) in [6.45, 7) is 18.7. The maximum Gasteiger partial charge on any atom is 0.365 e. The van der Waals surface area contributed by atoms with Crippen LogP contribution in [0.2, 0.25) is 0 Å². The largest absolute Gasteiger partial charge is 0.494 e. The van der Waals surface area contributed by atoms with E-state index in [1.54, 1.807) is 67.8 Å². The van der Waals surface area contributed by atoms with Crippen LogP contribution in [0.1, 0.15) is 69.2 Å². The fraction of sp³-hybridized carbons (Fsp3) is 0.781. The molecular formula is C32H54N2O14. The van der Waals surface area contributed by atoms with Crippen molar-refractivity contribution < 1.29 is 72.7 Å². The highest BCUT2D eigenvalue weighted by Gasteiger charge is 2.47. The van der Waals surface area contributed by atoms with Gasteiger partial charge in [0, 0.05) is 19.8 Å². The van der Waals surface area contributed by atoms with Gasteiger partial charge in [-0.3, -0.25) is 9.59 Å². The molecule has 276 valence electrons.